The number of fused-ring (bicyclic) bond motifs is 1. The van der Waals surface area contributed by atoms with Gasteiger partial charge in [-0.05, 0) is 30.5 Å². The highest BCUT2D eigenvalue weighted by Gasteiger charge is 2.54. The molecule has 1 aromatic carbocycles. The van der Waals surface area contributed by atoms with Gasteiger partial charge in [0.1, 0.15) is 6.61 Å². The maximum Gasteiger partial charge on any atom is 0.249 e. The van der Waals surface area contributed by atoms with Gasteiger partial charge in [-0.25, -0.2) is 0 Å². The number of carbonyl (C=O) groups is 2. The lowest BCUT2D eigenvalue weighted by Gasteiger charge is -2.58. The lowest BCUT2D eigenvalue weighted by atomic mass is 9.73. The topological polar surface area (TPSA) is 70.1 Å². The average molecular weight is 411 g/mol. The highest BCUT2D eigenvalue weighted by molar-refractivity contribution is 5.88. The van der Waals surface area contributed by atoms with Crippen LogP contribution in [0.4, 0.5) is 0 Å². The number of carbonyl (C=O) groups excluding carboxylic acids is 2. The number of aliphatic hydroxyl groups excluding tert-OH is 1. The summed E-state index contributed by atoms with van der Waals surface area (Å²) in [6.07, 6.45) is 6.30. The van der Waals surface area contributed by atoms with Gasteiger partial charge < -0.3 is 19.6 Å². The summed E-state index contributed by atoms with van der Waals surface area (Å²) in [6.45, 7) is 0.417. The standard InChI is InChI=1S/C24H30N2O4/c1-30-16-23(29)25-13-20-24(21(15-27)26(20)22(28)14-25)19-11-9-18(10-12-19)8-7-17-5-3-2-4-6-17/h9-12,17,20-21,24,27H,2-6,13-16H2,1H3/t20-,21-,24+/m0/s1. The van der Waals surface area contributed by atoms with E-state index < -0.39 is 0 Å². The molecule has 2 heterocycles. The monoisotopic (exact) mass is 410 g/mol. The lowest BCUT2D eigenvalue weighted by molar-refractivity contribution is -0.168. The van der Waals surface area contributed by atoms with E-state index in [0.29, 0.717) is 12.5 Å². The van der Waals surface area contributed by atoms with Crippen LogP contribution < -0.4 is 0 Å². The molecule has 1 aliphatic carbocycles. The van der Waals surface area contributed by atoms with Crippen molar-refractivity contribution in [2.24, 2.45) is 5.92 Å². The number of hydrogen-bond acceptors (Lipinski definition) is 4. The van der Waals surface area contributed by atoms with Crippen LogP contribution in [-0.4, -0.2) is 72.2 Å². The Kier molecular flexibility index (Phi) is 6.40. The minimum Gasteiger partial charge on any atom is -0.394 e. The van der Waals surface area contributed by atoms with Crippen LogP contribution in [0.15, 0.2) is 24.3 Å². The number of ether oxygens (including phenoxy) is 1. The summed E-state index contributed by atoms with van der Waals surface area (Å²) < 4.78 is 4.94. The highest BCUT2D eigenvalue weighted by atomic mass is 16.5. The molecule has 0 unspecified atom stereocenters. The minimum absolute atomic E-state index is 0.0115. The second kappa shape index (κ2) is 9.20. The molecule has 2 aliphatic heterocycles. The van der Waals surface area contributed by atoms with Crippen LogP contribution in [0.3, 0.4) is 0 Å². The van der Waals surface area contributed by atoms with Gasteiger partial charge in [-0.2, -0.15) is 0 Å². The Morgan fingerprint density at radius 1 is 1.20 bits per heavy atom. The van der Waals surface area contributed by atoms with Crippen molar-refractivity contribution in [1.82, 2.24) is 9.80 Å². The van der Waals surface area contributed by atoms with Crippen molar-refractivity contribution in [3.05, 3.63) is 35.4 Å². The molecular formula is C24H30N2O4. The molecule has 3 aliphatic rings. The first-order chi connectivity index (χ1) is 14.6. The summed E-state index contributed by atoms with van der Waals surface area (Å²) >= 11 is 0. The van der Waals surface area contributed by atoms with Crippen LogP contribution in [-0.2, 0) is 14.3 Å². The molecular weight excluding hydrogens is 380 g/mol. The van der Waals surface area contributed by atoms with E-state index in [1.165, 1.54) is 39.2 Å². The van der Waals surface area contributed by atoms with Crippen molar-refractivity contribution >= 4 is 11.8 Å². The van der Waals surface area contributed by atoms with E-state index in [0.717, 1.165) is 11.1 Å². The fourth-order valence-corrected chi connectivity index (χ4v) is 5.13. The Balaban J connectivity index is 1.47. The maximum atomic E-state index is 12.6. The SMILES string of the molecule is COCC(=O)N1CC(=O)N2[C@@H](CO)[C@H](c3ccc(C#CC4CCCCC4)cc3)[C@@H]2C1. The van der Waals surface area contributed by atoms with Crippen LogP contribution in [0.25, 0.3) is 0 Å². The summed E-state index contributed by atoms with van der Waals surface area (Å²) in [6, 6.07) is 7.82. The zero-order valence-corrected chi connectivity index (χ0v) is 17.5. The van der Waals surface area contributed by atoms with Gasteiger partial charge in [0.05, 0.1) is 25.2 Å². The number of methoxy groups -OCH3 is 1. The fourth-order valence-electron chi connectivity index (χ4n) is 5.13. The molecule has 1 N–H and O–H groups in total. The van der Waals surface area contributed by atoms with E-state index in [9.17, 15) is 14.7 Å². The van der Waals surface area contributed by atoms with Crippen molar-refractivity contribution in [3.8, 4) is 11.8 Å². The van der Waals surface area contributed by atoms with E-state index in [-0.39, 0.29) is 49.6 Å². The third-order valence-electron chi connectivity index (χ3n) is 6.69. The van der Waals surface area contributed by atoms with Gasteiger partial charge in [-0.15, -0.1) is 0 Å². The number of rotatable bonds is 4. The Hall–Kier alpha value is -2.36. The molecule has 6 nitrogen and oxygen atoms in total. The van der Waals surface area contributed by atoms with Crippen molar-refractivity contribution in [2.45, 2.75) is 50.1 Å². The quantitative estimate of drug-likeness (QED) is 0.768. The number of nitrogens with zero attached hydrogens (tertiary/aromatic N) is 2. The molecule has 0 radical (unpaired) electrons. The van der Waals surface area contributed by atoms with E-state index in [2.05, 4.69) is 24.0 Å². The van der Waals surface area contributed by atoms with Gasteiger partial charge in [0.2, 0.25) is 11.8 Å². The van der Waals surface area contributed by atoms with E-state index in [1.54, 1.807) is 9.80 Å². The largest absolute Gasteiger partial charge is 0.394 e. The van der Waals surface area contributed by atoms with Gasteiger partial charge in [0.25, 0.3) is 0 Å². The number of piperazine rings is 1. The second-order valence-electron chi connectivity index (χ2n) is 8.58. The van der Waals surface area contributed by atoms with Gasteiger partial charge in [-0.3, -0.25) is 9.59 Å². The molecule has 30 heavy (non-hydrogen) atoms. The highest BCUT2D eigenvalue weighted by Crippen LogP contribution is 2.42. The summed E-state index contributed by atoms with van der Waals surface area (Å²) in [5.41, 5.74) is 2.07. The number of aliphatic hydroxyl groups is 1. The Morgan fingerprint density at radius 2 is 1.93 bits per heavy atom. The second-order valence-corrected chi connectivity index (χ2v) is 8.58. The predicted molar refractivity (Wildman–Crippen MR) is 113 cm³/mol. The van der Waals surface area contributed by atoms with Crippen LogP contribution in [0.2, 0.25) is 0 Å². The molecule has 2 amide bonds. The van der Waals surface area contributed by atoms with Crippen molar-refractivity contribution in [2.75, 3.05) is 33.4 Å². The lowest BCUT2D eigenvalue weighted by Crippen LogP contribution is -2.73. The van der Waals surface area contributed by atoms with Gasteiger partial charge in [0, 0.05) is 31.1 Å². The molecule has 0 bridgehead atoms. The molecule has 160 valence electrons. The van der Waals surface area contributed by atoms with Crippen LogP contribution >= 0.6 is 0 Å². The van der Waals surface area contributed by atoms with Crippen molar-refractivity contribution < 1.29 is 19.4 Å². The van der Waals surface area contributed by atoms with E-state index >= 15 is 0 Å². The normalized spacial score (nSPS) is 26.5. The van der Waals surface area contributed by atoms with E-state index in [1.807, 2.05) is 12.1 Å². The number of amides is 2. The summed E-state index contributed by atoms with van der Waals surface area (Å²) in [4.78, 5) is 28.1. The zero-order valence-electron chi connectivity index (χ0n) is 17.5. The smallest absolute Gasteiger partial charge is 0.249 e. The van der Waals surface area contributed by atoms with Gasteiger partial charge >= 0.3 is 0 Å². The fraction of sp³-hybridized carbons (Fsp3) is 0.583. The Morgan fingerprint density at radius 3 is 2.60 bits per heavy atom. The first-order valence-corrected chi connectivity index (χ1v) is 10.9. The van der Waals surface area contributed by atoms with E-state index in [4.69, 9.17) is 4.74 Å². The third-order valence-corrected chi connectivity index (χ3v) is 6.69. The third kappa shape index (κ3) is 4.10. The molecule has 6 heteroatoms. The maximum absolute atomic E-state index is 12.6. The molecule has 0 spiro atoms. The molecule has 3 fully saturated rings. The van der Waals surface area contributed by atoms with Crippen LogP contribution in [0, 0.1) is 17.8 Å². The molecule has 1 aromatic rings. The zero-order chi connectivity index (χ0) is 21.1. The molecule has 0 aromatic heterocycles. The summed E-state index contributed by atoms with van der Waals surface area (Å²) in [7, 11) is 1.47. The van der Waals surface area contributed by atoms with Crippen molar-refractivity contribution in [3.63, 3.8) is 0 Å². The molecule has 4 rings (SSSR count). The predicted octanol–water partition coefficient (Wildman–Crippen LogP) is 1.76. The van der Waals surface area contributed by atoms with Gasteiger partial charge in [-0.1, -0.05) is 43.2 Å². The minimum atomic E-state index is -0.235. The molecule has 1 saturated carbocycles. The average Bonchev–Trinajstić information content (AvgIpc) is 2.75. The molecule has 3 atom stereocenters. The first-order valence-electron chi connectivity index (χ1n) is 10.9. The van der Waals surface area contributed by atoms with Crippen LogP contribution in [0.1, 0.15) is 49.1 Å². The summed E-state index contributed by atoms with van der Waals surface area (Å²) in [5.74, 6) is 6.97. The summed E-state index contributed by atoms with van der Waals surface area (Å²) in [5, 5.41) is 9.90. The Labute approximate surface area is 178 Å². The first kappa shape index (κ1) is 20.9. The molecule has 2 saturated heterocycles. The number of benzene rings is 1. The van der Waals surface area contributed by atoms with Crippen LogP contribution in [0.5, 0.6) is 0 Å². The van der Waals surface area contributed by atoms with Gasteiger partial charge in [0.15, 0.2) is 0 Å². The number of hydrogen-bond donors (Lipinski definition) is 1. The Bertz CT molecular complexity index is 835. The van der Waals surface area contributed by atoms with Crippen molar-refractivity contribution in [1.29, 1.82) is 0 Å².